The normalized spacial score (nSPS) is 10.9. The Hall–Kier alpha value is -2.70. The highest BCUT2D eigenvalue weighted by molar-refractivity contribution is 7.16. The first-order valence-corrected chi connectivity index (χ1v) is 9.95. The number of aryl methyl sites for hydroxylation is 2. The zero-order valence-corrected chi connectivity index (χ0v) is 15.7. The second-order valence-electron chi connectivity index (χ2n) is 5.88. The van der Waals surface area contributed by atoms with Gasteiger partial charge in [0.05, 0.1) is 11.4 Å². The predicted molar refractivity (Wildman–Crippen MR) is 111 cm³/mol. The van der Waals surface area contributed by atoms with Crippen LogP contribution in [0.5, 0.6) is 0 Å². The summed E-state index contributed by atoms with van der Waals surface area (Å²) in [5.74, 6) is 0. The zero-order valence-electron chi connectivity index (χ0n) is 14.1. The summed E-state index contributed by atoms with van der Waals surface area (Å²) in [4.78, 5) is 11.5. The van der Waals surface area contributed by atoms with Crippen molar-refractivity contribution in [1.82, 2.24) is 9.97 Å². The maximum atomic E-state index is 5.99. The molecule has 4 N–H and O–H groups in total. The Morgan fingerprint density at radius 3 is 1.38 bits per heavy atom. The van der Waals surface area contributed by atoms with Gasteiger partial charge in [0, 0.05) is 20.9 Å². The van der Waals surface area contributed by atoms with E-state index in [4.69, 9.17) is 11.5 Å². The lowest BCUT2D eigenvalue weighted by Gasteiger charge is -2.04. The van der Waals surface area contributed by atoms with Crippen molar-refractivity contribution in [3.63, 3.8) is 0 Å². The second kappa shape index (κ2) is 7.27. The maximum Gasteiger partial charge on any atom is 0.180 e. The molecule has 6 heteroatoms. The molecule has 4 rings (SSSR count). The summed E-state index contributed by atoms with van der Waals surface area (Å²) in [6.07, 6.45) is 1.72. The van der Waals surface area contributed by atoms with Gasteiger partial charge in [0.1, 0.15) is 0 Å². The molecule has 4 aromatic rings. The average molecular weight is 379 g/mol. The number of thiazole rings is 2. The lowest BCUT2D eigenvalue weighted by atomic mass is 10.1. The summed E-state index contributed by atoms with van der Waals surface area (Å²) in [6.45, 7) is 0. The monoisotopic (exact) mass is 378 g/mol. The van der Waals surface area contributed by atoms with Crippen LogP contribution in [-0.4, -0.2) is 9.97 Å². The van der Waals surface area contributed by atoms with Crippen LogP contribution < -0.4 is 11.5 Å². The zero-order chi connectivity index (χ0) is 17.9. The van der Waals surface area contributed by atoms with E-state index >= 15 is 0 Å². The van der Waals surface area contributed by atoms with Crippen LogP contribution in [0, 0.1) is 0 Å². The molecule has 0 radical (unpaired) electrons. The van der Waals surface area contributed by atoms with Gasteiger partial charge in [0.2, 0.25) is 0 Å². The molecule has 0 saturated heterocycles. The van der Waals surface area contributed by atoms with Crippen molar-refractivity contribution >= 4 is 32.9 Å². The second-order valence-corrected chi connectivity index (χ2v) is 8.11. The van der Waals surface area contributed by atoms with Crippen molar-refractivity contribution in [2.45, 2.75) is 12.8 Å². The van der Waals surface area contributed by atoms with Gasteiger partial charge in [-0.25, -0.2) is 9.97 Å². The van der Waals surface area contributed by atoms with E-state index in [-0.39, 0.29) is 0 Å². The van der Waals surface area contributed by atoms with Crippen molar-refractivity contribution in [2.24, 2.45) is 0 Å². The molecule has 0 bridgehead atoms. The van der Waals surface area contributed by atoms with Crippen LogP contribution in [0.4, 0.5) is 10.3 Å². The number of aromatic nitrogens is 2. The Kier molecular flexibility index (Phi) is 4.69. The lowest BCUT2D eigenvalue weighted by Crippen LogP contribution is -1.92. The Bertz CT molecular complexity index is 923. The fourth-order valence-electron chi connectivity index (χ4n) is 2.95. The van der Waals surface area contributed by atoms with Crippen LogP contribution in [0.3, 0.4) is 0 Å². The highest BCUT2D eigenvalue weighted by atomic mass is 32.1. The van der Waals surface area contributed by atoms with Gasteiger partial charge < -0.3 is 11.5 Å². The lowest BCUT2D eigenvalue weighted by molar-refractivity contribution is 0.998. The quantitative estimate of drug-likeness (QED) is 0.519. The molecule has 0 fully saturated rings. The molecule has 2 aromatic carbocycles. The van der Waals surface area contributed by atoms with E-state index in [0.29, 0.717) is 10.3 Å². The van der Waals surface area contributed by atoms with Gasteiger partial charge in [-0.2, -0.15) is 0 Å². The number of rotatable bonds is 5. The molecule has 0 saturated carbocycles. The number of hydrogen-bond acceptors (Lipinski definition) is 6. The minimum absolute atomic E-state index is 0.603. The van der Waals surface area contributed by atoms with Gasteiger partial charge in [-0.15, -0.1) is 22.7 Å². The largest absolute Gasteiger partial charge is 0.375 e. The van der Waals surface area contributed by atoms with E-state index in [2.05, 4.69) is 34.2 Å². The van der Waals surface area contributed by atoms with Gasteiger partial charge in [-0.3, -0.25) is 0 Å². The topological polar surface area (TPSA) is 77.8 Å². The summed E-state index contributed by atoms with van der Waals surface area (Å²) >= 11 is 3.11. The van der Waals surface area contributed by atoms with Crippen LogP contribution in [0.1, 0.15) is 9.75 Å². The molecule has 2 aromatic heterocycles. The molecule has 4 nitrogen and oxygen atoms in total. The average Bonchev–Trinajstić information content (AvgIpc) is 3.23. The molecule has 0 spiro atoms. The number of hydrogen-bond donors (Lipinski definition) is 2. The van der Waals surface area contributed by atoms with E-state index < -0.39 is 0 Å². The van der Waals surface area contributed by atoms with Crippen LogP contribution in [-0.2, 0) is 12.8 Å². The minimum Gasteiger partial charge on any atom is -0.375 e. The number of benzene rings is 2. The molecule has 0 aliphatic carbocycles. The van der Waals surface area contributed by atoms with E-state index in [1.165, 1.54) is 9.75 Å². The molecule has 0 aliphatic rings. The smallest absolute Gasteiger partial charge is 0.180 e. The summed E-state index contributed by atoms with van der Waals surface area (Å²) < 4.78 is 0. The first kappa shape index (κ1) is 16.8. The molecule has 0 aliphatic heterocycles. The Morgan fingerprint density at radius 1 is 0.615 bits per heavy atom. The summed E-state index contributed by atoms with van der Waals surface area (Å²) in [5.41, 5.74) is 16.1. The minimum atomic E-state index is 0.603. The maximum absolute atomic E-state index is 5.99. The van der Waals surface area contributed by atoms with Gasteiger partial charge in [-0.05, 0) is 12.8 Å². The molecule has 0 amide bonds. The third-order valence-electron chi connectivity index (χ3n) is 4.10. The highest BCUT2D eigenvalue weighted by Gasteiger charge is 2.15. The Balaban J connectivity index is 1.62. The fourth-order valence-corrected chi connectivity index (χ4v) is 4.66. The summed E-state index contributed by atoms with van der Waals surface area (Å²) in [5, 5.41) is 1.21. The summed E-state index contributed by atoms with van der Waals surface area (Å²) in [7, 11) is 0. The number of anilines is 2. The Labute approximate surface area is 160 Å². The fraction of sp³-hybridized carbons (Fsp3) is 0.100. The number of nitrogen functional groups attached to an aromatic ring is 2. The highest BCUT2D eigenvalue weighted by Crippen LogP contribution is 2.34. The molecule has 0 atom stereocenters. The molecular formula is C20H18N4S2. The summed E-state index contributed by atoms with van der Waals surface area (Å²) in [6, 6.07) is 20.4. The first-order chi connectivity index (χ1) is 12.7. The molecule has 2 heterocycles. The molecule has 0 unspecified atom stereocenters. The third kappa shape index (κ3) is 3.47. The SMILES string of the molecule is Nc1nc(-c2ccccc2)c(CCc2sc(N)nc2-c2ccccc2)s1. The van der Waals surface area contributed by atoms with Crippen molar-refractivity contribution in [3.05, 3.63) is 70.4 Å². The van der Waals surface area contributed by atoms with Crippen molar-refractivity contribution in [1.29, 1.82) is 0 Å². The third-order valence-corrected chi connectivity index (χ3v) is 5.99. The van der Waals surface area contributed by atoms with Gasteiger partial charge in [0.25, 0.3) is 0 Å². The van der Waals surface area contributed by atoms with Gasteiger partial charge >= 0.3 is 0 Å². The first-order valence-electron chi connectivity index (χ1n) is 8.32. The van der Waals surface area contributed by atoms with Crippen LogP contribution in [0.15, 0.2) is 60.7 Å². The van der Waals surface area contributed by atoms with Crippen LogP contribution in [0.2, 0.25) is 0 Å². The van der Waals surface area contributed by atoms with Crippen molar-refractivity contribution in [3.8, 4) is 22.5 Å². The molecule has 130 valence electrons. The Morgan fingerprint density at radius 2 is 1.00 bits per heavy atom. The van der Waals surface area contributed by atoms with E-state index in [9.17, 15) is 0 Å². The van der Waals surface area contributed by atoms with Crippen molar-refractivity contribution in [2.75, 3.05) is 11.5 Å². The van der Waals surface area contributed by atoms with E-state index in [1.54, 1.807) is 22.7 Å². The van der Waals surface area contributed by atoms with Crippen molar-refractivity contribution < 1.29 is 0 Å². The number of nitrogens with two attached hydrogens (primary N) is 2. The van der Waals surface area contributed by atoms with Crippen LogP contribution in [0.25, 0.3) is 22.5 Å². The predicted octanol–water partition coefficient (Wildman–Crippen LogP) is 4.88. The van der Waals surface area contributed by atoms with E-state index in [0.717, 1.165) is 35.4 Å². The van der Waals surface area contributed by atoms with Gasteiger partial charge in [0.15, 0.2) is 10.3 Å². The van der Waals surface area contributed by atoms with Gasteiger partial charge in [-0.1, -0.05) is 60.7 Å². The molecular weight excluding hydrogens is 360 g/mol. The van der Waals surface area contributed by atoms with Crippen LogP contribution >= 0.6 is 22.7 Å². The molecule has 26 heavy (non-hydrogen) atoms. The number of nitrogens with zero attached hydrogens (tertiary/aromatic N) is 2. The standard InChI is InChI=1S/C20H18N4S2/c21-19-23-17(13-7-3-1-4-8-13)15(25-19)11-12-16-18(24-20(22)26-16)14-9-5-2-6-10-14/h1-10H,11-12H2,(H2,21,23)(H2,22,24). The van der Waals surface area contributed by atoms with E-state index in [1.807, 2.05) is 36.4 Å².